The highest BCUT2D eigenvalue weighted by Gasteiger charge is 2.14. The Balaban J connectivity index is 2.41. The van der Waals surface area contributed by atoms with E-state index in [1.807, 2.05) is 5.32 Å². The number of urea groups is 1. The van der Waals surface area contributed by atoms with Crippen LogP contribution in [0.4, 0.5) is 4.79 Å². The zero-order chi connectivity index (χ0) is 15.0. The Bertz CT molecular complexity index is 531. The molecule has 2 N–H and O–H groups in total. The molecule has 0 aromatic heterocycles. The van der Waals surface area contributed by atoms with Crippen LogP contribution in [0.25, 0.3) is 0 Å². The van der Waals surface area contributed by atoms with Crippen LogP contribution >= 0.6 is 11.6 Å². The van der Waals surface area contributed by atoms with Gasteiger partial charge in [0.15, 0.2) is 6.61 Å². The lowest BCUT2D eigenvalue weighted by atomic mass is 10.2. The van der Waals surface area contributed by atoms with Crippen molar-refractivity contribution >= 4 is 29.5 Å². The first-order chi connectivity index (χ1) is 9.54. The maximum Gasteiger partial charge on any atom is 0.340 e. The van der Waals surface area contributed by atoms with E-state index < -0.39 is 24.5 Å². The Kier molecular flexibility index (Phi) is 6.25. The van der Waals surface area contributed by atoms with Crippen LogP contribution in [0.15, 0.2) is 36.9 Å². The minimum Gasteiger partial charge on any atom is -0.452 e. The third-order valence-corrected chi connectivity index (χ3v) is 2.42. The summed E-state index contributed by atoms with van der Waals surface area (Å²) in [4.78, 5) is 34.1. The Labute approximate surface area is 120 Å². The monoisotopic (exact) mass is 296 g/mol. The average molecular weight is 297 g/mol. The summed E-state index contributed by atoms with van der Waals surface area (Å²) in [7, 11) is 0. The zero-order valence-electron chi connectivity index (χ0n) is 10.5. The second kappa shape index (κ2) is 7.96. The summed E-state index contributed by atoms with van der Waals surface area (Å²) < 4.78 is 4.74. The van der Waals surface area contributed by atoms with Gasteiger partial charge >= 0.3 is 12.0 Å². The molecule has 0 spiro atoms. The van der Waals surface area contributed by atoms with E-state index in [4.69, 9.17) is 16.3 Å². The van der Waals surface area contributed by atoms with E-state index in [1.54, 1.807) is 12.1 Å². The quantitative estimate of drug-likeness (QED) is 0.637. The Hall–Kier alpha value is -2.34. The number of ether oxygens (including phenoxy) is 1. The summed E-state index contributed by atoms with van der Waals surface area (Å²) in [6.45, 7) is 3.05. The second-order valence-electron chi connectivity index (χ2n) is 3.60. The smallest absolute Gasteiger partial charge is 0.340 e. The second-order valence-corrected chi connectivity index (χ2v) is 4.01. The van der Waals surface area contributed by atoms with Crippen LogP contribution < -0.4 is 10.6 Å². The fourth-order valence-corrected chi connectivity index (χ4v) is 1.42. The summed E-state index contributed by atoms with van der Waals surface area (Å²) in [5.41, 5.74) is 0.151. The van der Waals surface area contributed by atoms with Gasteiger partial charge in [0.05, 0.1) is 10.6 Å². The normalized spacial score (nSPS) is 9.45. The highest BCUT2D eigenvalue weighted by Crippen LogP contribution is 2.15. The number of halogens is 1. The van der Waals surface area contributed by atoms with Gasteiger partial charge < -0.3 is 10.1 Å². The van der Waals surface area contributed by atoms with Crippen LogP contribution in [0.2, 0.25) is 5.02 Å². The molecule has 0 fully saturated rings. The SMILES string of the molecule is C=CCNC(=O)NC(=O)COC(=O)c1ccccc1Cl. The first-order valence-corrected chi connectivity index (χ1v) is 6.02. The van der Waals surface area contributed by atoms with Crippen LogP contribution in [-0.4, -0.2) is 31.1 Å². The molecule has 0 aliphatic heterocycles. The topological polar surface area (TPSA) is 84.5 Å². The van der Waals surface area contributed by atoms with Crippen molar-refractivity contribution in [3.8, 4) is 0 Å². The van der Waals surface area contributed by atoms with Gasteiger partial charge in [-0.05, 0) is 12.1 Å². The number of nitrogens with one attached hydrogen (secondary N) is 2. The maximum atomic E-state index is 11.6. The molecule has 0 saturated carbocycles. The van der Waals surface area contributed by atoms with E-state index in [9.17, 15) is 14.4 Å². The molecule has 6 nitrogen and oxygen atoms in total. The Morgan fingerprint density at radius 3 is 2.65 bits per heavy atom. The Morgan fingerprint density at radius 1 is 1.30 bits per heavy atom. The van der Waals surface area contributed by atoms with Crippen LogP contribution in [0, 0.1) is 0 Å². The van der Waals surface area contributed by atoms with Gasteiger partial charge in [-0.1, -0.05) is 29.8 Å². The largest absolute Gasteiger partial charge is 0.452 e. The zero-order valence-corrected chi connectivity index (χ0v) is 11.3. The molecule has 20 heavy (non-hydrogen) atoms. The Morgan fingerprint density at radius 2 is 2.00 bits per heavy atom. The molecular weight excluding hydrogens is 284 g/mol. The molecule has 0 bridgehead atoms. The van der Waals surface area contributed by atoms with E-state index in [0.717, 1.165) is 0 Å². The van der Waals surface area contributed by atoms with Crippen molar-refractivity contribution in [3.05, 3.63) is 47.5 Å². The van der Waals surface area contributed by atoms with Crippen molar-refractivity contribution in [2.45, 2.75) is 0 Å². The molecule has 0 heterocycles. The van der Waals surface area contributed by atoms with Crippen molar-refractivity contribution in [3.63, 3.8) is 0 Å². The lowest BCUT2D eigenvalue weighted by Gasteiger charge is -2.07. The van der Waals surface area contributed by atoms with Crippen molar-refractivity contribution in [1.82, 2.24) is 10.6 Å². The number of imide groups is 1. The molecular formula is C13H13ClN2O4. The number of esters is 1. The number of hydrogen-bond donors (Lipinski definition) is 2. The van der Waals surface area contributed by atoms with E-state index in [2.05, 4.69) is 11.9 Å². The predicted molar refractivity (Wildman–Crippen MR) is 73.5 cm³/mol. The minimum atomic E-state index is -0.744. The third kappa shape index (κ3) is 5.11. The molecule has 1 rings (SSSR count). The molecule has 1 aromatic rings. The van der Waals surface area contributed by atoms with Crippen molar-refractivity contribution in [2.75, 3.05) is 13.2 Å². The van der Waals surface area contributed by atoms with Crippen molar-refractivity contribution in [2.24, 2.45) is 0 Å². The van der Waals surface area contributed by atoms with E-state index in [-0.39, 0.29) is 17.1 Å². The van der Waals surface area contributed by atoms with E-state index in [1.165, 1.54) is 18.2 Å². The van der Waals surface area contributed by atoms with Gasteiger partial charge in [0, 0.05) is 6.54 Å². The molecule has 3 amide bonds. The number of carbonyl (C=O) groups is 3. The molecule has 7 heteroatoms. The van der Waals surface area contributed by atoms with Crippen LogP contribution in [0.5, 0.6) is 0 Å². The van der Waals surface area contributed by atoms with Crippen LogP contribution in [0.3, 0.4) is 0 Å². The average Bonchev–Trinajstić information content (AvgIpc) is 2.43. The lowest BCUT2D eigenvalue weighted by molar-refractivity contribution is -0.123. The van der Waals surface area contributed by atoms with Crippen molar-refractivity contribution < 1.29 is 19.1 Å². The van der Waals surface area contributed by atoms with Gasteiger partial charge in [-0.3, -0.25) is 10.1 Å². The molecule has 0 atom stereocenters. The molecule has 0 unspecified atom stereocenters. The number of rotatable bonds is 5. The first kappa shape index (κ1) is 15.7. The van der Waals surface area contributed by atoms with Gasteiger partial charge in [-0.2, -0.15) is 0 Å². The first-order valence-electron chi connectivity index (χ1n) is 5.65. The fourth-order valence-electron chi connectivity index (χ4n) is 1.21. The van der Waals surface area contributed by atoms with E-state index >= 15 is 0 Å². The van der Waals surface area contributed by atoms with E-state index in [0.29, 0.717) is 0 Å². The highest BCUT2D eigenvalue weighted by molar-refractivity contribution is 6.33. The summed E-state index contributed by atoms with van der Waals surface area (Å²) in [5.74, 6) is -1.48. The van der Waals surface area contributed by atoms with Gasteiger partial charge in [0.25, 0.3) is 5.91 Å². The number of hydrogen-bond acceptors (Lipinski definition) is 4. The van der Waals surface area contributed by atoms with Gasteiger partial charge in [-0.15, -0.1) is 6.58 Å². The molecule has 0 radical (unpaired) electrons. The summed E-state index contributed by atoms with van der Waals surface area (Å²) in [5, 5.41) is 4.55. The van der Waals surface area contributed by atoms with Crippen molar-refractivity contribution in [1.29, 1.82) is 0 Å². The molecule has 106 valence electrons. The highest BCUT2D eigenvalue weighted by atomic mass is 35.5. The van der Waals surface area contributed by atoms with Crippen LogP contribution in [0.1, 0.15) is 10.4 Å². The maximum absolute atomic E-state index is 11.6. The number of carbonyl (C=O) groups excluding carboxylic acids is 3. The summed E-state index contributed by atoms with van der Waals surface area (Å²) in [6.07, 6.45) is 1.46. The molecule has 0 aliphatic carbocycles. The predicted octanol–water partition coefficient (Wildman–Crippen LogP) is 1.51. The summed E-state index contributed by atoms with van der Waals surface area (Å²) in [6, 6.07) is 5.59. The number of benzene rings is 1. The molecule has 1 aromatic carbocycles. The van der Waals surface area contributed by atoms with Gasteiger partial charge in [-0.25, -0.2) is 9.59 Å². The summed E-state index contributed by atoms with van der Waals surface area (Å²) >= 11 is 5.80. The molecule has 0 saturated heterocycles. The van der Waals surface area contributed by atoms with Crippen LogP contribution in [-0.2, 0) is 9.53 Å². The molecule has 0 aliphatic rings. The standard InChI is InChI=1S/C13H13ClN2O4/c1-2-7-15-13(19)16-11(17)8-20-12(18)9-5-3-4-6-10(9)14/h2-6H,1,7-8H2,(H2,15,16,17,19). The fraction of sp³-hybridized carbons (Fsp3) is 0.154. The minimum absolute atomic E-state index is 0.151. The van der Waals surface area contributed by atoms with Gasteiger partial charge in [0.1, 0.15) is 0 Å². The lowest BCUT2D eigenvalue weighted by Crippen LogP contribution is -2.41. The number of amides is 3. The van der Waals surface area contributed by atoms with Gasteiger partial charge in [0.2, 0.25) is 0 Å². The third-order valence-electron chi connectivity index (χ3n) is 2.09.